The Balaban J connectivity index is 1.73. The number of nitrogens with zero attached hydrogens (tertiary/aromatic N) is 3. The molecule has 5 heteroatoms. The second kappa shape index (κ2) is 4.66. The van der Waals surface area contributed by atoms with Crippen LogP contribution in [0.2, 0.25) is 0 Å². The molecule has 1 aromatic carbocycles. The fourth-order valence-corrected chi connectivity index (χ4v) is 2.44. The van der Waals surface area contributed by atoms with Crippen molar-refractivity contribution in [2.24, 2.45) is 12.8 Å². The zero-order valence-corrected chi connectivity index (χ0v) is 11.3. The van der Waals surface area contributed by atoms with Crippen LogP contribution in [-0.2, 0) is 20.1 Å². The summed E-state index contributed by atoms with van der Waals surface area (Å²) in [5, 5.41) is 8.10. The lowest BCUT2D eigenvalue weighted by Gasteiger charge is -2.09. The summed E-state index contributed by atoms with van der Waals surface area (Å²) in [4.78, 5) is 0. The third-order valence-electron chi connectivity index (χ3n) is 3.79. The summed E-state index contributed by atoms with van der Waals surface area (Å²) in [6.07, 6.45) is 2.07. The number of fused-ring (bicyclic) bond motifs is 1. The normalized spacial score (nSPS) is 17.5. The highest BCUT2D eigenvalue weighted by atomic mass is 16.5. The van der Waals surface area contributed by atoms with E-state index in [1.54, 1.807) is 0 Å². The number of aryl methyl sites for hydroxylation is 2. The standard InChI is InChI=1S/C14H18N4O/c1-9-16-17-14(18(9)2)8-19-11-4-5-12-10(7-11)3-6-13(12)15/h4-5,7,13H,3,6,8,15H2,1-2H3/t13-/m1/s1. The van der Waals surface area contributed by atoms with E-state index in [1.165, 1.54) is 11.1 Å². The van der Waals surface area contributed by atoms with Gasteiger partial charge in [0.1, 0.15) is 18.2 Å². The van der Waals surface area contributed by atoms with E-state index in [1.807, 2.05) is 24.6 Å². The van der Waals surface area contributed by atoms with Crippen LogP contribution >= 0.6 is 0 Å². The molecule has 1 aromatic heterocycles. The molecule has 2 N–H and O–H groups in total. The number of aromatic nitrogens is 3. The maximum atomic E-state index is 6.02. The first-order valence-corrected chi connectivity index (χ1v) is 6.51. The SMILES string of the molecule is Cc1nnc(COc2ccc3c(c2)CC[C@H]3N)n1C. The maximum absolute atomic E-state index is 6.02. The van der Waals surface area contributed by atoms with Gasteiger partial charge in [0.25, 0.3) is 0 Å². The summed E-state index contributed by atoms with van der Waals surface area (Å²) >= 11 is 0. The third kappa shape index (κ3) is 2.21. The zero-order chi connectivity index (χ0) is 13.4. The van der Waals surface area contributed by atoms with Gasteiger partial charge < -0.3 is 15.0 Å². The molecule has 0 unspecified atom stereocenters. The number of nitrogens with two attached hydrogens (primary N) is 1. The highest BCUT2D eigenvalue weighted by Gasteiger charge is 2.19. The second-order valence-electron chi connectivity index (χ2n) is 5.02. The number of hydrogen-bond acceptors (Lipinski definition) is 4. The van der Waals surface area contributed by atoms with Crippen LogP contribution in [0.5, 0.6) is 5.75 Å². The summed E-state index contributed by atoms with van der Waals surface area (Å²) in [5.41, 5.74) is 8.58. The van der Waals surface area contributed by atoms with E-state index < -0.39 is 0 Å². The van der Waals surface area contributed by atoms with E-state index in [-0.39, 0.29) is 6.04 Å². The summed E-state index contributed by atoms with van der Waals surface area (Å²) in [6, 6.07) is 6.33. The number of benzene rings is 1. The Morgan fingerprint density at radius 3 is 3.00 bits per heavy atom. The van der Waals surface area contributed by atoms with Crippen LogP contribution in [0, 0.1) is 6.92 Å². The lowest BCUT2D eigenvalue weighted by atomic mass is 10.1. The van der Waals surface area contributed by atoms with Crippen LogP contribution in [-0.4, -0.2) is 14.8 Å². The molecule has 1 aliphatic carbocycles. The van der Waals surface area contributed by atoms with Crippen LogP contribution in [0.3, 0.4) is 0 Å². The van der Waals surface area contributed by atoms with Gasteiger partial charge in [-0.3, -0.25) is 0 Å². The molecule has 19 heavy (non-hydrogen) atoms. The van der Waals surface area contributed by atoms with Crippen molar-refractivity contribution >= 4 is 0 Å². The molecule has 0 aliphatic heterocycles. The maximum Gasteiger partial charge on any atom is 0.170 e. The van der Waals surface area contributed by atoms with Gasteiger partial charge in [-0.1, -0.05) is 6.07 Å². The van der Waals surface area contributed by atoms with Gasteiger partial charge in [-0.2, -0.15) is 0 Å². The molecule has 1 heterocycles. The molecule has 0 saturated heterocycles. The number of ether oxygens (including phenoxy) is 1. The van der Waals surface area contributed by atoms with E-state index in [2.05, 4.69) is 22.3 Å². The van der Waals surface area contributed by atoms with Crippen LogP contribution < -0.4 is 10.5 Å². The fraction of sp³-hybridized carbons (Fsp3) is 0.429. The van der Waals surface area contributed by atoms with E-state index in [0.29, 0.717) is 6.61 Å². The van der Waals surface area contributed by atoms with Crippen LogP contribution in [0.15, 0.2) is 18.2 Å². The largest absolute Gasteiger partial charge is 0.486 e. The van der Waals surface area contributed by atoms with Gasteiger partial charge in [-0.25, -0.2) is 0 Å². The highest BCUT2D eigenvalue weighted by Crippen LogP contribution is 2.31. The van der Waals surface area contributed by atoms with Crippen LogP contribution in [0.1, 0.15) is 35.2 Å². The predicted molar refractivity (Wildman–Crippen MR) is 71.8 cm³/mol. The van der Waals surface area contributed by atoms with Gasteiger partial charge in [-0.05, 0) is 43.0 Å². The van der Waals surface area contributed by atoms with E-state index >= 15 is 0 Å². The van der Waals surface area contributed by atoms with Crippen molar-refractivity contribution in [1.82, 2.24) is 14.8 Å². The summed E-state index contributed by atoms with van der Waals surface area (Å²) in [5.74, 6) is 2.58. The van der Waals surface area contributed by atoms with Gasteiger partial charge in [0.05, 0.1) is 0 Å². The number of rotatable bonds is 3. The van der Waals surface area contributed by atoms with Crippen molar-refractivity contribution in [3.05, 3.63) is 41.0 Å². The van der Waals surface area contributed by atoms with Crippen molar-refractivity contribution in [3.8, 4) is 5.75 Å². The molecule has 1 atom stereocenters. The Hall–Kier alpha value is -1.88. The monoisotopic (exact) mass is 258 g/mol. The molecular formula is C14H18N4O. The van der Waals surface area contributed by atoms with Gasteiger partial charge in [0.15, 0.2) is 5.82 Å². The van der Waals surface area contributed by atoms with E-state index in [9.17, 15) is 0 Å². The Labute approximate surface area is 112 Å². The quantitative estimate of drug-likeness (QED) is 0.909. The molecule has 0 saturated carbocycles. The Bertz CT molecular complexity index is 605. The van der Waals surface area contributed by atoms with Crippen molar-refractivity contribution in [2.75, 3.05) is 0 Å². The second-order valence-corrected chi connectivity index (χ2v) is 5.02. The molecule has 1 aliphatic rings. The molecule has 0 spiro atoms. The van der Waals surface area contributed by atoms with Gasteiger partial charge in [-0.15, -0.1) is 10.2 Å². The number of hydrogen-bond donors (Lipinski definition) is 1. The molecule has 0 bridgehead atoms. The van der Waals surface area contributed by atoms with Gasteiger partial charge in [0.2, 0.25) is 0 Å². The minimum Gasteiger partial charge on any atom is -0.486 e. The summed E-state index contributed by atoms with van der Waals surface area (Å²) in [7, 11) is 1.94. The van der Waals surface area contributed by atoms with Crippen LogP contribution in [0.4, 0.5) is 0 Å². The first kappa shape index (κ1) is 12.2. The van der Waals surface area contributed by atoms with Gasteiger partial charge in [0, 0.05) is 13.1 Å². The van der Waals surface area contributed by atoms with E-state index in [4.69, 9.17) is 10.5 Å². The Kier molecular flexibility index (Phi) is 2.98. The summed E-state index contributed by atoms with van der Waals surface area (Å²) < 4.78 is 7.72. The molecular weight excluding hydrogens is 240 g/mol. The van der Waals surface area contributed by atoms with Gasteiger partial charge >= 0.3 is 0 Å². The minimum atomic E-state index is 0.186. The van der Waals surface area contributed by atoms with Crippen molar-refractivity contribution < 1.29 is 4.74 Å². The third-order valence-corrected chi connectivity index (χ3v) is 3.79. The summed E-state index contributed by atoms with van der Waals surface area (Å²) in [6.45, 7) is 2.36. The highest BCUT2D eigenvalue weighted by molar-refractivity contribution is 5.40. The first-order valence-electron chi connectivity index (χ1n) is 6.51. The molecule has 2 aromatic rings. The molecule has 0 fully saturated rings. The average molecular weight is 258 g/mol. The van der Waals surface area contributed by atoms with E-state index in [0.717, 1.165) is 30.2 Å². The average Bonchev–Trinajstić information content (AvgIpc) is 2.93. The predicted octanol–water partition coefficient (Wildman–Crippen LogP) is 1.65. The van der Waals surface area contributed by atoms with Crippen LogP contribution in [0.25, 0.3) is 0 Å². The van der Waals surface area contributed by atoms with Crippen molar-refractivity contribution in [3.63, 3.8) is 0 Å². The molecule has 0 amide bonds. The Morgan fingerprint density at radius 1 is 1.42 bits per heavy atom. The Morgan fingerprint density at radius 2 is 2.26 bits per heavy atom. The lowest BCUT2D eigenvalue weighted by Crippen LogP contribution is -2.06. The lowest BCUT2D eigenvalue weighted by molar-refractivity contribution is 0.290. The molecule has 3 rings (SSSR count). The fourth-order valence-electron chi connectivity index (χ4n) is 2.44. The smallest absolute Gasteiger partial charge is 0.170 e. The first-order chi connectivity index (χ1) is 9.15. The van der Waals surface area contributed by atoms with Crippen molar-refractivity contribution in [1.29, 1.82) is 0 Å². The molecule has 0 radical (unpaired) electrons. The molecule has 100 valence electrons. The molecule has 5 nitrogen and oxygen atoms in total. The minimum absolute atomic E-state index is 0.186. The topological polar surface area (TPSA) is 66.0 Å². The zero-order valence-electron chi connectivity index (χ0n) is 11.3. The van der Waals surface area contributed by atoms with Crippen molar-refractivity contribution in [2.45, 2.75) is 32.4 Å².